The summed E-state index contributed by atoms with van der Waals surface area (Å²) in [5.74, 6) is -0.0233. The van der Waals surface area contributed by atoms with Crippen LogP contribution in [0.25, 0.3) is 0 Å². The molecular weight excluding hydrogens is 268 g/mol. The Morgan fingerprint density at radius 2 is 2.00 bits per heavy atom. The molecule has 1 aromatic carbocycles. The second-order valence-electron chi connectivity index (χ2n) is 5.75. The predicted molar refractivity (Wildman–Crippen MR) is 82.8 cm³/mol. The number of ether oxygens (including phenoxy) is 1. The van der Waals surface area contributed by atoms with Gasteiger partial charge < -0.3 is 20.5 Å². The van der Waals surface area contributed by atoms with Crippen molar-refractivity contribution in [3.8, 4) is 0 Å². The fourth-order valence-electron chi connectivity index (χ4n) is 1.92. The predicted octanol–water partition coefficient (Wildman–Crippen LogP) is 0.926. The molecule has 0 fully saturated rings. The highest BCUT2D eigenvalue weighted by atomic mass is 16.5. The average Bonchev–Trinajstić information content (AvgIpc) is 2.47. The summed E-state index contributed by atoms with van der Waals surface area (Å²) in [7, 11) is 1.62. The summed E-state index contributed by atoms with van der Waals surface area (Å²) in [6.45, 7) is 5.37. The summed E-state index contributed by atoms with van der Waals surface area (Å²) >= 11 is 0. The van der Waals surface area contributed by atoms with Gasteiger partial charge in [0.15, 0.2) is 0 Å². The van der Waals surface area contributed by atoms with E-state index in [9.17, 15) is 9.90 Å². The van der Waals surface area contributed by atoms with E-state index in [-0.39, 0.29) is 12.5 Å². The Hall–Kier alpha value is -1.43. The number of aliphatic hydroxyl groups is 1. The third-order valence-corrected chi connectivity index (χ3v) is 3.21. The lowest BCUT2D eigenvalue weighted by atomic mass is 9.92. The Morgan fingerprint density at radius 1 is 1.33 bits per heavy atom. The molecule has 0 aliphatic rings. The smallest absolute Gasteiger partial charge is 0.226 e. The molecule has 0 bridgehead atoms. The highest BCUT2D eigenvalue weighted by Crippen LogP contribution is 2.12. The normalized spacial score (nSPS) is 13.0. The lowest BCUT2D eigenvalue weighted by molar-refractivity contribution is -0.128. The summed E-state index contributed by atoms with van der Waals surface area (Å²) in [4.78, 5) is 11.6. The largest absolute Gasteiger partial charge is 0.389 e. The number of hydrogen-bond donors (Lipinski definition) is 3. The van der Waals surface area contributed by atoms with Gasteiger partial charge in [-0.05, 0) is 19.4 Å². The van der Waals surface area contributed by atoms with Gasteiger partial charge in [0.2, 0.25) is 5.91 Å². The van der Waals surface area contributed by atoms with Crippen LogP contribution in [-0.4, -0.2) is 43.9 Å². The second-order valence-corrected chi connectivity index (χ2v) is 5.75. The Morgan fingerprint density at radius 3 is 2.62 bits per heavy atom. The first-order chi connectivity index (χ1) is 9.95. The Labute approximate surface area is 126 Å². The van der Waals surface area contributed by atoms with Crippen LogP contribution in [0.15, 0.2) is 30.3 Å². The van der Waals surface area contributed by atoms with Gasteiger partial charge in [0.25, 0.3) is 0 Å². The van der Waals surface area contributed by atoms with Gasteiger partial charge in [-0.2, -0.15) is 0 Å². The van der Waals surface area contributed by atoms with E-state index in [1.807, 2.05) is 44.2 Å². The van der Waals surface area contributed by atoms with Crippen LogP contribution in [0, 0.1) is 5.41 Å². The highest BCUT2D eigenvalue weighted by Gasteiger charge is 2.26. The maximum absolute atomic E-state index is 11.6. The molecule has 0 aliphatic carbocycles. The standard InChI is InChI=1S/C16H26N2O3/c1-16(2,15(20)17-3)12-18-9-14(19)11-21-10-13-7-5-4-6-8-13/h4-8,14,18-19H,9-12H2,1-3H3,(H,17,20). The van der Waals surface area contributed by atoms with Crippen molar-refractivity contribution in [1.29, 1.82) is 0 Å². The molecule has 21 heavy (non-hydrogen) atoms. The van der Waals surface area contributed by atoms with Gasteiger partial charge in [0, 0.05) is 20.1 Å². The first kappa shape index (κ1) is 17.6. The van der Waals surface area contributed by atoms with Crippen molar-refractivity contribution in [2.75, 3.05) is 26.7 Å². The topological polar surface area (TPSA) is 70.6 Å². The molecule has 0 heterocycles. The first-order valence-corrected chi connectivity index (χ1v) is 7.18. The van der Waals surface area contributed by atoms with Gasteiger partial charge >= 0.3 is 0 Å². The molecule has 1 amide bonds. The van der Waals surface area contributed by atoms with Gasteiger partial charge in [0.05, 0.1) is 24.7 Å². The zero-order chi connectivity index (χ0) is 15.7. The van der Waals surface area contributed by atoms with Crippen molar-refractivity contribution < 1.29 is 14.6 Å². The van der Waals surface area contributed by atoms with Crippen LogP contribution >= 0.6 is 0 Å². The molecular formula is C16H26N2O3. The van der Waals surface area contributed by atoms with Crippen molar-refractivity contribution in [1.82, 2.24) is 10.6 Å². The second kappa shape index (κ2) is 8.77. The fourth-order valence-corrected chi connectivity index (χ4v) is 1.92. The van der Waals surface area contributed by atoms with E-state index in [0.717, 1.165) is 5.56 Å². The van der Waals surface area contributed by atoms with Crippen molar-refractivity contribution in [2.24, 2.45) is 5.41 Å². The van der Waals surface area contributed by atoms with Crippen LogP contribution in [0.5, 0.6) is 0 Å². The van der Waals surface area contributed by atoms with Crippen LogP contribution < -0.4 is 10.6 Å². The monoisotopic (exact) mass is 294 g/mol. The van der Waals surface area contributed by atoms with Gasteiger partial charge in [-0.3, -0.25) is 4.79 Å². The Bertz CT molecular complexity index is 421. The maximum atomic E-state index is 11.6. The fraction of sp³-hybridized carbons (Fsp3) is 0.562. The first-order valence-electron chi connectivity index (χ1n) is 7.18. The molecule has 118 valence electrons. The summed E-state index contributed by atoms with van der Waals surface area (Å²) in [6, 6.07) is 9.83. The van der Waals surface area contributed by atoms with Crippen molar-refractivity contribution >= 4 is 5.91 Å². The van der Waals surface area contributed by atoms with E-state index in [4.69, 9.17) is 4.74 Å². The number of carbonyl (C=O) groups excluding carboxylic acids is 1. The van der Waals surface area contributed by atoms with E-state index in [0.29, 0.717) is 19.7 Å². The molecule has 3 N–H and O–H groups in total. The van der Waals surface area contributed by atoms with Crippen molar-refractivity contribution in [3.05, 3.63) is 35.9 Å². The summed E-state index contributed by atoms with van der Waals surface area (Å²) in [6.07, 6.45) is -0.589. The molecule has 5 nitrogen and oxygen atoms in total. The number of benzene rings is 1. The van der Waals surface area contributed by atoms with Crippen LogP contribution in [0.4, 0.5) is 0 Å². The Kier molecular flexibility index (Phi) is 7.36. The number of aliphatic hydroxyl groups excluding tert-OH is 1. The van der Waals surface area contributed by atoms with E-state index < -0.39 is 11.5 Å². The number of carbonyl (C=O) groups is 1. The lowest BCUT2D eigenvalue weighted by Crippen LogP contribution is -2.44. The third-order valence-electron chi connectivity index (χ3n) is 3.21. The minimum Gasteiger partial charge on any atom is -0.389 e. The SMILES string of the molecule is CNC(=O)C(C)(C)CNCC(O)COCc1ccccc1. The van der Waals surface area contributed by atoms with Gasteiger partial charge in [0.1, 0.15) is 0 Å². The number of rotatable bonds is 9. The van der Waals surface area contributed by atoms with E-state index in [2.05, 4.69) is 10.6 Å². The molecule has 5 heteroatoms. The molecule has 1 rings (SSSR count). The minimum atomic E-state index is -0.589. The molecule has 0 aromatic heterocycles. The molecule has 1 atom stereocenters. The van der Waals surface area contributed by atoms with Crippen LogP contribution in [-0.2, 0) is 16.1 Å². The van der Waals surface area contributed by atoms with Gasteiger partial charge in [-0.1, -0.05) is 30.3 Å². The molecule has 0 saturated carbocycles. The van der Waals surface area contributed by atoms with Crippen LogP contribution in [0.2, 0.25) is 0 Å². The molecule has 0 radical (unpaired) electrons. The highest BCUT2D eigenvalue weighted by molar-refractivity contribution is 5.81. The number of nitrogens with one attached hydrogen (secondary N) is 2. The number of hydrogen-bond acceptors (Lipinski definition) is 4. The third kappa shape index (κ3) is 6.71. The minimum absolute atomic E-state index is 0.0233. The van der Waals surface area contributed by atoms with Crippen LogP contribution in [0.1, 0.15) is 19.4 Å². The number of amides is 1. The maximum Gasteiger partial charge on any atom is 0.226 e. The Balaban J connectivity index is 2.17. The molecule has 1 aromatic rings. The van der Waals surface area contributed by atoms with Gasteiger partial charge in [-0.25, -0.2) is 0 Å². The zero-order valence-electron chi connectivity index (χ0n) is 13.1. The van der Waals surface area contributed by atoms with E-state index in [1.165, 1.54) is 0 Å². The lowest BCUT2D eigenvalue weighted by Gasteiger charge is -2.23. The summed E-state index contributed by atoms with van der Waals surface area (Å²) < 4.78 is 5.46. The van der Waals surface area contributed by atoms with Crippen LogP contribution in [0.3, 0.4) is 0 Å². The van der Waals surface area contributed by atoms with Crippen molar-refractivity contribution in [3.63, 3.8) is 0 Å². The summed E-state index contributed by atoms with van der Waals surface area (Å²) in [5, 5.41) is 15.6. The summed E-state index contributed by atoms with van der Waals surface area (Å²) in [5.41, 5.74) is 0.581. The molecule has 1 unspecified atom stereocenters. The van der Waals surface area contributed by atoms with E-state index >= 15 is 0 Å². The molecule has 0 spiro atoms. The quantitative estimate of drug-likeness (QED) is 0.633. The average molecular weight is 294 g/mol. The van der Waals surface area contributed by atoms with Gasteiger partial charge in [-0.15, -0.1) is 0 Å². The molecule has 0 aliphatic heterocycles. The molecule has 0 saturated heterocycles. The van der Waals surface area contributed by atoms with E-state index in [1.54, 1.807) is 7.05 Å². The van der Waals surface area contributed by atoms with Crippen molar-refractivity contribution in [2.45, 2.75) is 26.6 Å². The zero-order valence-corrected chi connectivity index (χ0v) is 13.1.